The third-order valence-electron chi connectivity index (χ3n) is 11.6. The standard InChI is InChI=1S/C37H46O9/c1-2-28(41)46-34-24-19-27(40)31(26(39)18-16-21-9-4-3-5-10-21)35(43)37(24,45)36(44)32-30(34)23(17-15-20-11-6-7-12-20)22-13-8-14-25(38)29(22)33(32)42/h8,13-14,20-21,23-24,30,34,38,42-43,45H,2-7,9-12,15-19H2,1H3/t23-,24+,30+,34+,37+/m0/s1. The lowest BCUT2D eigenvalue weighted by Crippen LogP contribution is -2.64. The van der Waals surface area contributed by atoms with Crippen molar-refractivity contribution >= 4 is 29.1 Å². The van der Waals surface area contributed by atoms with E-state index in [0.717, 1.165) is 64.2 Å². The fourth-order valence-corrected chi connectivity index (χ4v) is 9.16. The van der Waals surface area contributed by atoms with Gasteiger partial charge in [-0.3, -0.25) is 19.2 Å². The summed E-state index contributed by atoms with van der Waals surface area (Å²) in [6, 6.07) is 4.84. The van der Waals surface area contributed by atoms with Crippen molar-refractivity contribution in [1.29, 1.82) is 0 Å². The molecule has 0 heterocycles. The second-order valence-corrected chi connectivity index (χ2v) is 14.2. The van der Waals surface area contributed by atoms with Gasteiger partial charge in [0.15, 0.2) is 17.2 Å². The van der Waals surface area contributed by atoms with E-state index in [9.17, 15) is 39.6 Å². The Morgan fingerprint density at radius 2 is 1.57 bits per heavy atom. The van der Waals surface area contributed by atoms with Crippen LogP contribution in [0.15, 0.2) is 35.1 Å². The van der Waals surface area contributed by atoms with Gasteiger partial charge in [-0.15, -0.1) is 0 Å². The molecule has 0 radical (unpaired) electrons. The number of phenolic OH excluding ortho intramolecular Hbond substituents is 1. The second kappa shape index (κ2) is 13.0. The molecule has 0 saturated heterocycles. The van der Waals surface area contributed by atoms with Crippen molar-refractivity contribution in [3.63, 3.8) is 0 Å². The SMILES string of the molecule is CCC(=O)O[C@H]1[C@H]2C(=C(O)c3c(O)cccc3[C@@H]2CCC2CCCC2)C(=O)[C@]2(O)C(O)=C(C(=O)CCC3CCCCC3)C(=O)C[C@H]12. The lowest BCUT2D eigenvalue weighted by Gasteiger charge is -2.52. The summed E-state index contributed by atoms with van der Waals surface area (Å²) in [5.74, 6) is -6.80. The fraction of sp³-hybridized carbons (Fsp3) is 0.622. The Morgan fingerprint density at radius 1 is 0.913 bits per heavy atom. The topological polar surface area (TPSA) is 158 Å². The van der Waals surface area contributed by atoms with E-state index in [0.29, 0.717) is 30.2 Å². The molecule has 3 saturated carbocycles. The van der Waals surface area contributed by atoms with Gasteiger partial charge >= 0.3 is 5.97 Å². The number of hydrogen-bond acceptors (Lipinski definition) is 9. The highest BCUT2D eigenvalue weighted by molar-refractivity contribution is 6.24. The molecule has 5 atom stereocenters. The number of esters is 1. The fourth-order valence-electron chi connectivity index (χ4n) is 9.16. The van der Waals surface area contributed by atoms with Crippen LogP contribution in [0.5, 0.6) is 5.75 Å². The molecule has 9 heteroatoms. The van der Waals surface area contributed by atoms with Gasteiger partial charge in [-0.25, -0.2) is 0 Å². The number of rotatable bonds is 9. The Bertz CT molecular complexity index is 1480. The number of aliphatic hydroxyl groups excluding tert-OH is 2. The van der Waals surface area contributed by atoms with Crippen LogP contribution in [0.4, 0.5) is 0 Å². The molecule has 4 N–H and O–H groups in total. The number of Topliss-reactive ketones (excluding diaryl/α,β-unsaturated/α-hetero) is 3. The van der Waals surface area contributed by atoms with Crippen molar-refractivity contribution in [3.8, 4) is 5.75 Å². The molecule has 0 bridgehead atoms. The lowest BCUT2D eigenvalue weighted by atomic mass is 9.54. The van der Waals surface area contributed by atoms with Crippen molar-refractivity contribution in [2.45, 2.75) is 121 Å². The predicted octanol–water partition coefficient (Wildman–Crippen LogP) is 6.31. The molecule has 5 aliphatic rings. The smallest absolute Gasteiger partial charge is 0.305 e. The molecule has 46 heavy (non-hydrogen) atoms. The number of ketones is 3. The number of allylic oxidation sites excluding steroid dienone is 1. The largest absolute Gasteiger partial charge is 0.508 e. The molecule has 248 valence electrons. The van der Waals surface area contributed by atoms with Crippen molar-refractivity contribution in [2.75, 3.05) is 0 Å². The van der Waals surface area contributed by atoms with Gasteiger partial charge in [0, 0.05) is 36.7 Å². The maximum absolute atomic E-state index is 14.5. The molecule has 1 aromatic carbocycles. The van der Waals surface area contributed by atoms with Gasteiger partial charge in [0.05, 0.1) is 5.56 Å². The normalized spacial score (nSPS) is 30.2. The van der Waals surface area contributed by atoms with Crippen molar-refractivity contribution in [3.05, 3.63) is 46.2 Å². The number of fused-ring (bicyclic) bond motifs is 3. The van der Waals surface area contributed by atoms with E-state index < -0.39 is 76.3 Å². The van der Waals surface area contributed by atoms with E-state index in [2.05, 4.69) is 0 Å². The van der Waals surface area contributed by atoms with E-state index in [4.69, 9.17) is 4.74 Å². The van der Waals surface area contributed by atoms with Gasteiger partial charge < -0.3 is 25.2 Å². The molecule has 3 fully saturated rings. The van der Waals surface area contributed by atoms with Crippen molar-refractivity contribution in [1.82, 2.24) is 0 Å². The van der Waals surface area contributed by atoms with Gasteiger partial charge in [-0.2, -0.15) is 0 Å². The minimum Gasteiger partial charge on any atom is -0.508 e. The number of carbonyl (C=O) groups excluding carboxylic acids is 4. The quantitative estimate of drug-likeness (QED) is 0.180. The van der Waals surface area contributed by atoms with Crippen LogP contribution in [0.25, 0.3) is 5.76 Å². The molecular weight excluding hydrogens is 588 g/mol. The van der Waals surface area contributed by atoms with E-state index in [1.54, 1.807) is 19.1 Å². The predicted molar refractivity (Wildman–Crippen MR) is 169 cm³/mol. The number of ether oxygens (including phenoxy) is 1. The molecule has 1 aromatic rings. The van der Waals surface area contributed by atoms with Gasteiger partial charge in [0.2, 0.25) is 5.78 Å². The van der Waals surface area contributed by atoms with Gasteiger partial charge in [0.1, 0.15) is 28.9 Å². The molecule has 6 rings (SSSR count). The first-order valence-corrected chi connectivity index (χ1v) is 17.3. The number of hydrogen-bond donors (Lipinski definition) is 4. The molecular formula is C37H46O9. The monoisotopic (exact) mass is 634 g/mol. The summed E-state index contributed by atoms with van der Waals surface area (Å²) in [6.45, 7) is 1.61. The molecule has 0 aromatic heterocycles. The first kappa shape index (κ1) is 32.5. The third kappa shape index (κ3) is 5.48. The summed E-state index contributed by atoms with van der Waals surface area (Å²) in [4.78, 5) is 54.6. The zero-order chi connectivity index (χ0) is 32.7. The summed E-state index contributed by atoms with van der Waals surface area (Å²) >= 11 is 0. The number of benzene rings is 1. The summed E-state index contributed by atoms with van der Waals surface area (Å²) < 4.78 is 5.98. The second-order valence-electron chi connectivity index (χ2n) is 14.2. The zero-order valence-electron chi connectivity index (χ0n) is 26.6. The Hall–Kier alpha value is -3.46. The summed E-state index contributed by atoms with van der Waals surface area (Å²) in [6.07, 6.45) is 9.90. The van der Waals surface area contributed by atoms with E-state index >= 15 is 0 Å². The number of aromatic hydroxyl groups is 1. The van der Waals surface area contributed by atoms with Crippen LogP contribution < -0.4 is 0 Å². The lowest BCUT2D eigenvalue weighted by molar-refractivity contribution is -0.178. The average Bonchev–Trinajstić information content (AvgIpc) is 3.57. The molecule has 0 aliphatic heterocycles. The van der Waals surface area contributed by atoms with Crippen LogP contribution in [0.3, 0.4) is 0 Å². The average molecular weight is 635 g/mol. The minimum absolute atomic E-state index is 0.0000459. The van der Waals surface area contributed by atoms with Crippen molar-refractivity contribution < 1.29 is 44.3 Å². The van der Waals surface area contributed by atoms with Crippen molar-refractivity contribution in [2.24, 2.45) is 23.7 Å². The molecule has 0 spiro atoms. The minimum atomic E-state index is -2.78. The number of carbonyl (C=O) groups is 4. The summed E-state index contributed by atoms with van der Waals surface area (Å²) in [5.41, 5.74) is -2.95. The maximum Gasteiger partial charge on any atom is 0.305 e. The summed E-state index contributed by atoms with van der Waals surface area (Å²) in [7, 11) is 0. The Morgan fingerprint density at radius 3 is 2.24 bits per heavy atom. The zero-order valence-corrected chi connectivity index (χ0v) is 26.6. The van der Waals surface area contributed by atoms with Crippen LogP contribution in [-0.4, -0.2) is 55.5 Å². The molecule has 0 unspecified atom stereocenters. The van der Waals surface area contributed by atoms with E-state index in [-0.39, 0.29) is 29.7 Å². The van der Waals surface area contributed by atoms with Gasteiger partial charge in [-0.1, -0.05) is 76.8 Å². The van der Waals surface area contributed by atoms with Crippen LogP contribution in [-0.2, 0) is 23.9 Å². The highest BCUT2D eigenvalue weighted by Gasteiger charge is 2.66. The van der Waals surface area contributed by atoms with Crippen LogP contribution >= 0.6 is 0 Å². The number of phenols is 1. The first-order chi connectivity index (χ1) is 22.1. The van der Waals surface area contributed by atoms with Crippen LogP contribution in [0, 0.1) is 23.7 Å². The maximum atomic E-state index is 14.5. The van der Waals surface area contributed by atoms with Gasteiger partial charge in [0.25, 0.3) is 0 Å². The highest BCUT2D eigenvalue weighted by atomic mass is 16.5. The third-order valence-corrected chi connectivity index (χ3v) is 11.6. The Balaban J connectivity index is 1.45. The Labute approximate surface area is 269 Å². The van der Waals surface area contributed by atoms with E-state index in [1.807, 2.05) is 0 Å². The van der Waals surface area contributed by atoms with Gasteiger partial charge in [-0.05, 0) is 48.6 Å². The number of aliphatic hydroxyl groups is 3. The van der Waals surface area contributed by atoms with Crippen LogP contribution in [0.1, 0.15) is 120 Å². The molecule has 0 amide bonds. The van der Waals surface area contributed by atoms with Crippen LogP contribution in [0.2, 0.25) is 0 Å². The van der Waals surface area contributed by atoms with E-state index in [1.165, 1.54) is 6.07 Å². The summed E-state index contributed by atoms with van der Waals surface area (Å²) in [5, 5.41) is 46.4. The Kier molecular flexibility index (Phi) is 9.16. The molecule has 5 aliphatic carbocycles. The molecule has 9 nitrogen and oxygen atoms in total. The first-order valence-electron chi connectivity index (χ1n) is 17.3. The highest BCUT2D eigenvalue weighted by Crippen LogP contribution is 2.58.